The van der Waals surface area contributed by atoms with E-state index in [-0.39, 0.29) is 12.5 Å². The molecule has 0 fully saturated rings. The molecule has 0 saturated heterocycles. The van der Waals surface area contributed by atoms with Crippen molar-refractivity contribution in [2.75, 3.05) is 6.61 Å². The van der Waals surface area contributed by atoms with Crippen molar-refractivity contribution in [2.45, 2.75) is 39.5 Å². The second-order valence-corrected chi connectivity index (χ2v) is 4.98. The topological polar surface area (TPSA) is 9.23 Å². The quantitative estimate of drug-likeness (QED) is 0.507. The Kier molecular flexibility index (Phi) is 6.36. The van der Waals surface area contributed by atoms with Crippen molar-refractivity contribution < 1.29 is 22.1 Å². The molecule has 1 nitrogen and oxygen atoms in total. The number of hydrogen-bond donors (Lipinski definition) is 0. The third-order valence-corrected chi connectivity index (χ3v) is 3.35. The Morgan fingerprint density at radius 1 is 1.20 bits per heavy atom. The minimum atomic E-state index is -5.19. The van der Waals surface area contributed by atoms with E-state index in [0.29, 0.717) is 0 Å². The van der Waals surface area contributed by atoms with Gasteiger partial charge in [-0.1, -0.05) is 44.6 Å². The van der Waals surface area contributed by atoms with Gasteiger partial charge in [0.25, 0.3) is 0 Å². The summed E-state index contributed by atoms with van der Waals surface area (Å²) < 4.78 is 56.9. The van der Waals surface area contributed by atoms with Crippen LogP contribution in [0, 0.1) is 11.7 Å². The number of rotatable bonds is 8. The maximum absolute atomic E-state index is 13.1. The van der Waals surface area contributed by atoms with Gasteiger partial charge in [-0.2, -0.15) is 0 Å². The minimum Gasteiger partial charge on any atom is -0.496 e. The maximum Gasteiger partial charge on any atom is 0.513 e. The van der Waals surface area contributed by atoms with Crippen molar-refractivity contribution in [1.29, 1.82) is 0 Å². The molecule has 0 amide bonds. The fourth-order valence-electron chi connectivity index (χ4n) is 2.01. The number of halogens is 4. The summed E-state index contributed by atoms with van der Waals surface area (Å²) in [5.74, 6) is -0.912. The van der Waals surface area contributed by atoms with Gasteiger partial charge in [0, 0.05) is 6.07 Å². The third-order valence-electron chi connectivity index (χ3n) is 3.35. The van der Waals surface area contributed by atoms with Crippen LogP contribution < -0.4 is 10.2 Å². The molecule has 0 aliphatic carbocycles. The SMILES string of the molecule is CCCCC(CC)COc1cc(F)ccc1[B-](F)(F)F. The number of ether oxygens (including phenoxy) is 1. The Labute approximate surface area is 117 Å². The second kappa shape index (κ2) is 7.55. The molecular weight excluding hydrogens is 271 g/mol. The van der Waals surface area contributed by atoms with E-state index in [1.807, 2.05) is 6.92 Å². The smallest absolute Gasteiger partial charge is 0.496 e. The van der Waals surface area contributed by atoms with E-state index in [2.05, 4.69) is 6.92 Å². The van der Waals surface area contributed by atoms with Crippen LogP contribution in [0.4, 0.5) is 17.3 Å². The van der Waals surface area contributed by atoms with Crippen molar-refractivity contribution in [3.8, 4) is 5.75 Å². The molecule has 6 heteroatoms. The zero-order valence-corrected chi connectivity index (χ0v) is 11.8. The van der Waals surface area contributed by atoms with E-state index >= 15 is 0 Å². The average Bonchev–Trinajstić information content (AvgIpc) is 2.37. The highest BCUT2D eigenvalue weighted by Crippen LogP contribution is 2.21. The first-order valence-corrected chi connectivity index (χ1v) is 7.00. The fraction of sp³-hybridized carbons (Fsp3) is 0.571. The lowest BCUT2D eigenvalue weighted by Crippen LogP contribution is -2.35. The summed E-state index contributed by atoms with van der Waals surface area (Å²) in [7, 11) is 0. The molecule has 0 heterocycles. The molecule has 0 aliphatic heterocycles. The first-order chi connectivity index (χ1) is 9.38. The summed E-state index contributed by atoms with van der Waals surface area (Å²) in [6.45, 7) is -0.964. The summed E-state index contributed by atoms with van der Waals surface area (Å²) in [5.41, 5.74) is -0.864. The largest absolute Gasteiger partial charge is 0.513 e. The van der Waals surface area contributed by atoms with Gasteiger partial charge in [-0.25, -0.2) is 4.39 Å². The van der Waals surface area contributed by atoms with Crippen molar-refractivity contribution in [3.05, 3.63) is 24.0 Å². The Morgan fingerprint density at radius 2 is 1.90 bits per heavy atom. The molecular formula is C14H20BF4O-. The lowest BCUT2D eigenvalue weighted by Gasteiger charge is -2.22. The summed E-state index contributed by atoms with van der Waals surface area (Å²) >= 11 is 0. The fourth-order valence-corrected chi connectivity index (χ4v) is 2.01. The molecule has 1 aromatic carbocycles. The van der Waals surface area contributed by atoms with Gasteiger partial charge in [0.1, 0.15) is 5.82 Å². The predicted molar refractivity (Wildman–Crippen MR) is 73.9 cm³/mol. The van der Waals surface area contributed by atoms with Crippen molar-refractivity contribution in [2.24, 2.45) is 5.92 Å². The molecule has 0 aromatic heterocycles. The molecule has 114 valence electrons. The molecule has 20 heavy (non-hydrogen) atoms. The van der Waals surface area contributed by atoms with Crippen LogP contribution in [-0.2, 0) is 0 Å². The first-order valence-electron chi connectivity index (χ1n) is 7.00. The standard InChI is InChI=1S/C14H20BF4O/c1-3-5-6-11(4-2)10-20-14-9-12(16)7-8-13(14)15(17,18)19/h7-9,11H,3-6,10H2,1-2H3/q-1. The summed E-state index contributed by atoms with van der Waals surface area (Å²) in [6, 6.07) is 2.38. The molecule has 1 atom stereocenters. The van der Waals surface area contributed by atoms with Crippen LogP contribution in [0.3, 0.4) is 0 Å². The molecule has 1 unspecified atom stereocenters. The van der Waals surface area contributed by atoms with Crippen LogP contribution >= 0.6 is 0 Å². The Balaban J connectivity index is 2.78. The predicted octanol–water partition coefficient (Wildman–Crippen LogP) is 4.48. The van der Waals surface area contributed by atoms with Gasteiger partial charge in [-0.15, -0.1) is 0 Å². The minimum absolute atomic E-state index is 0.194. The van der Waals surface area contributed by atoms with Gasteiger partial charge >= 0.3 is 6.98 Å². The monoisotopic (exact) mass is 291 g/mol. The van der Waals surface area contributed by atoms with Crippen LogP contribution in [0.2, 0.25) is 0 Å². The van der Waals surface area contributed by atoms with Gasteiger partial charge in [-0.3, -0.25) is 0 Å². The normalized spacial score (nSPS) is 13.3. The van der Waals surface area contributed by atoms with Crippen LogP contribution in [0.1, 0.15) is 39.5 Å². The van der Waals surface area contributed by atoms with Crippen molar-refractivity contribution in [1.82, 2.24) is 0 Å². The highest BCUT2D eigenvalue weighted by Gasteiger charge is 2.29. The van der Waals surface area contributed by atoms with Crippen molar-refractivity contribution in [3.63, 3.8) is 0 Å². The molecule has 0 saturated carbocycles. The molecule has 0 N–H and O–H groups in total. The molecule has 1 aromatic rings. The van der Waals surface area contributed by atoms with E-state index in [0.717, 1.165) is 43.9 Å². The number of unbranched alkanes of at least 4 members (excludes halogenated alkanes) is 1. The zero-order valence-electron chi connectivity index (χ0n) is 11.8. The van der Waals surface area contributed by atoms with Gasteiger partial charge in [0.05, 0.1) is 12.4 Å². The maximum atomic E-state index is 13.1. The Morgan fingerprint density at radius 3 is 2.45 bits per heavy atom. The van der Waals surface area contributed by atoms with E-state index in [1.54, 1.807) is 0 Å². The third kappa shape index (κ3) is 5.06. The summed E-state index contributed by atoms with van der Waals surface area (Å²) in [5, 5.41) is 0. The van der Waals surface area contributed by atoms with Gasteiger partial charge in [0.15, 0.2) is 0 Å². The van der Waals surface area contributed by atoms with Gasteiger partial charge in [-0.05, 0) is 18.4 Å². The molecule has 1 rings (SSSR count). The number of benzene rings is 1. The average molecular weight is 291 g/mol. The molecule has 0 aliphatic rings. The second-order valence-electron chi connectivity index (χ2n) is 4.98. The van der Waals surface area contributed by atoms with Crippen LogP contribution in [0.25, 0.3) is 0 Å². The Bertz CT molecular complexity index is 420. The van der Waals surface area contributed by atoms with E-state index in [4.69, 9.17) is 4.74 Å². The van der Waals surface area contributed by atoms with Crippen LogP contribution in [0.15, 0.2) is 18.2 Å². The molecule has 0 radical (unpaired) electrons. The Hall–Kier alpha value is -1.20. The van der Waals surface area contributed by atoms with E-state index in [9.17, 15) is 17.3 Å². The highest BCUT2D eigenvalue weighted by atomic mass is 19.4. The van der Waals surface area contributed by atoms with Gasteiger partial charge < -0.3 is 17.7 Å². The molecule has 0 spiro atoms. The number of hydrogen-bond acceptors (Lipinski definition) is 1. The lowest BCUT2D eigenvalue weighted by molar-refractivity contribution is 0.233. The van der Waals surface area contributed by atoms with E-state index < -0.39 is 24.0 Å². The van der Waals surface area contributed by atoms with Crippen LogP contribution in [0.5, 0.6) is 5.75 Å². The summed E-state index contributed by atoms with van der Waals surface area (Å²) in [4.78, 5) is 0. The first kappa shape index (κ1) is 16.9. The summed E-state index contributed by atoms with van der Waals surface area (Å²) in [6.07, 6.45) is 3.80. The lowest BCUT2D eigenvalue weighted by atomic mass is 9.79. The van der Waals surface area contributed by atoms with Gasteiger partial charge in [0.2, 0.25) is 0 Å². The van der Waals surface area contributed by atoms with E-state index in [1.165, 1.54) is 0 Å². The van der Waals surface area contributed by atoms with Crippen molar-refractivity contribution >= 4 is 12.4 Å². The molecule has 0 bridgehead atoms. The van der Waals surface area contributed by atoms with Crippen LogP contribution in [-0.4, -0.2) is 13.6 Å². The highest BCUT2D eigenvalue weighted by molar-refractivity contribution is 6.74. The zero-order chi connectivity index (χ0) is 15.2.